The molecule has 7 atom stereocenters. The fraction of sp³-hybridized carbons (Fsp3) is 0.769. The van der Waals surface area contributed by atoms with E-state index < -0.39 is 82.4 Å². The monoisotopic (exact) mass is 559 g/mol. The van der Waals surface area contributed by atoms with Gasteiger partial charge in [0.1, 0.15) is 12.2 Å². The van der Waals surface area contributed by atoms with Gasteiger partial charge in [-0.05, 0) is 47.1 Å². The second-order valence-electron chi connectivity index (χ2n) is 10.2. The summed E-state index contributed by atoms with van der Waals surface area (Å²) < 4.78 is 0. The van der Waals surface area contributed by atoms with Crippen LogP contribution in [0.25, 0.3) is 0 Å². The molecule has 13 nitrogen and oxygen atoms in total. The number of carboxylic acids is 1. The zero-order valence-corrected chi connectivity index (χ0v) is 24.6. The minimum absolute atomic E-state index is 0.0228. The maximum atomic E-state index is 15.1. The van der Waals surface area contributed by atoms with Crippen LogP contribution in [-0.2, 0) is 28.8 Å². The molecule has 13 heteroatoms. The van der Waals surface area contributed by atoms with Gasteiger partial charge in [0.15, 0.2) is 22.6 Å². The van der Waals surface area contributed by atoms with Gasteiger partial charge in [0.25, 0.3) is 11.8 Å². The van der Waals surface area contributed by atoms with E-state index in [1.54, 1.807) is 6.92 Å². The van der Waals surface area contributed by atoms with Crippen molar-refractivity contribution in [3.63, 3.8) is 0 Å². The number of carboxylic acid groups (broad SMARTS) is 1. The number of rotatable bonds is 16. The lowest BCUT2D eigenvalue weighted by molar-refractivity contribution is -0.180. The molecule has 0 aliphatic rings. The quantitative estimate of drug-likeness (QED) is 0.147. The van der Waals surface area contributed by atoms with Crippen molar-refractivity contribution in [2.75, 3.05) is 21.1 Å². The summed E-state index contributed by atoms with van der Waals surface area (Å²) in [5.74, 6) is -9.11. The Morgan fingerprint density at radius 3 is 1.62 bits per heavy atom. The second-order valence-corrected chi connectivity index (χ2v) is 10.2. The number of hydrogen-bond acceptors (Lipinski definition) is 10. The summed E-state index contributed by atoms with van der Waals surface area (Å²) in [4.78, 5) is 83.0. The van der Waals surface area contributed by atoms with Crippen LogP contribution in [0.5, 0.6) is 0 Å². The van der Waals surface area contributed by atoms with Gasteiger partial charge in [-0.2, -0.15) is 0 Å². The number of aliphatic hydroxyl groups excluding tert-OH is 2. The first-order valence-corrected chi connectivity index (χ1v) is 12.9. The van der Waals surface area contributed by atoms with Gasteiger partial charge in [0.2, 0.25) is 11.4 Å². The van der Waals surface area contributed by atoms with E-state index in [0.29, 0.717) is 11.8 Å². The lowest BCUT2D eigenvalue weighted by Crippen LogP contribution is -2.78. The van der Waals surface area contributed by atoms with Crippen molar-refractivity contribution in [3.8, 4) is 0 Å². The first kappa shape index (κ1) is 36.3. The number of carbonyl (C=O) groups is 6. The van der Waals surface area contributed by atoms with E-state index in [9.17, 15) is 44.4 Å². The van der Waals surface area contributed by atoms with E-state index in [1.165, 1.54) is 27.8 Å². The Hall–Kier alpha value is -2.74. The number of amides is 2. The molecule has 39 heavy (non-hydrogen) atoms. The number of ketones is 3. The molecule has 0 rings (SSSR count). The highest BCUT2D eigenvalue weighted by atomic mass is 16.4. The normalized spacial score (nSPS) is 19.2. The van der Waals surface area contributed by atoms with Crippen molar-refractivity contribution < 1.29 is 49.2 Å². The highest BCUT2D eigenvalue weighted by Gasteiger charge is 2.68. The number of nitrogens with zero attached hydrogens (tertiary/aromatic N) is 2. The minimum Gasteiger partial charge on any atom is -0.479 e. The first-order chi connectivity index (χ1) is 17.7. The Kier molecular flexibility index (Phi) is 12.6. The highest BCUT2D eigenvalue weighted by Crippen LogP contribution is 2.40. The molecule has 224 valence electrons. The lowest BCUT2D eigenvalue weighted by atomic mass is 9.63. The van der Waals surface area contributed by atoms with Gasteiger partial charge >= 0.3 is 5.97 Å². The van der Waals surface area contributed by atoms with E-state index >= 15 is 4.79 Å². The van der Waals surface area contributed by atoms with E-state index in [4.69, 9.17) is 0 Å². The first-order valence-electron chi connectivity index (χ1n) is 12.9. The summed E-state index contributed by atoms with van der Waals surface area (Å²) >= 11 is 0. The average Bonchev–Trinajstić information content (AvgIpc) is 2.88. The molecular formula is C26H45N3O10. The topological polar surface area (TPSA) is 202 Å². The van der Waals surface area contributed by atoms with Gasteiger partial charge in [-0.3, -0.25) is 24.0 Å². The Morgan fingerprint density at radius 2 is 1.28 bits per heavy atom. The Balaban J connectivity index is 8.32. The van der Waals surface area contributed by atoms with Gasteiger partial charge in [-0.15, -0.1) is 0 Å². The molecular weight excluding hydrogens is 514 g/mol. The number of carbonyl (C=O) groups excluding carboxylic acids is 5. The van der Waals surface area contributed by atoms with Crippen molar-refractivity contribution >= 4 is 35.1 Å². The van der Waals surface area contributed by atoms with Crippen molar-refractivity contribution in [1.29, 1.82) is 0 Å². The van der Waals surface area contributed by atoms with E-state index in [1.807, 2.05) is 0 Å². The maximum absolute atomic E-state index is 15.1. The van der Waals surface area contributed by atoms with Gasteiger partial charge < -0.3 is 35.5 Å². The molecule has 0 saturated carbocycles. The van der Waals surface area contributed by atoms with Crippen molar-refractivity contribution in [1.82, 2.24) is 15.1 Å². The van der Waals surface area contributed by atoms with Crippen LogP contribution < -0.4 is 5.32 Å². The number of likely N-dealkylation sites (N-methyl/N-ethyl adjacent to an activating group) is 3. The predicted octanol–water partition coefficient (Wildman–Crippen LogP) is -0.861. The van der Waals surface area contributed by atoms with Crippen LogP contribution in [0.1, 0.15) is 67.7 Å². The fourth-order valence-corrected chi connectivity index (χ4v) is 4.89. The molecule has 0 bridgehead atoms. The van der Waals surface area contributed by atoms with E-state index in [0.717, 1.165) is 32.8 Å². The average molecular weight is 560 g/mol. The summed E-state index contributed by atoms with van der Waals surface area (Å²) in [7, 11) is 3.52. The molecule has 0 spiro atoms. The van der Waals surface area contributed by atoms with E-state index in [2.05, 4.69) is 5.32 Å². The molecule has 0 fully saturated rings. The zero-order chi connectivity index (χ0) is 31.3. The largest absolute Gasteiger partial charge is 0.479 e. The molecule has 0 aromatic carbocycles. The van der Waals surface area contributed by atoms with Crippen LogP contribution in [0.3, 0.4) is 0 Å². The number of aliphatic carboxylic acids is 1. The van der Waals surface area contributed by atoms with Crippen LogP contribution in [0.4, 0.5) is 0 Å². The molecule has 0 aromatic rings. The van der Waals surface area contributed by atoms with Crippen LogP contribution in [0.15, 0.2) is 0 Å². The summed E-state index contributed by atoms with van der Waals surface area (Å²) in [5.41, 5.74) is -8.58. The molecule has 0 saturated heterocycles. The minimum atomic E-state index is -3.22. The SMILES string of the molecule is CCC[C@](C(=O)[C@](C)(O)C(=O)O)(C(=O)[C@](C(=O)[C@H](C)NC)([C@@H](C)CC)N(C)C(=O)[C@@H](C)O)N(C)C(=O)[C@@H](C)O. The fourth-order valence-electron chi connectivity index (χ4n) is 4.89. The molecule has 0 aromatic heterocycles. The summed E-state index contributed by atoms with van der Waals surface area (Å²) in [6, 6.07) is -1.10. The predicted molar refractivity (Wildman–Crippen MR) is 141 cm³/mol. The third-order valence-electron chi connectivity index (χ3n) is 7.57. The number of nitrogens with one attached hydrogen (secondary N) is 1. The lowest BCUT2D eigenvalue weighted by Gasteiger charge is -2.52. The second kappa shape index (κ2) is 13.6. The van der Waals surface area contributed by atoms with Crippen LogP contribution in [-0.4, -0.2) is 121 Å². The number of Topliss-reactive ketones (excluding diaryl/α,β-unsaturated/α-hetero) is 3. The van der Waals surface area contributed by atoms with Gasteiger partial charge in [0, 0.05) is 14.1 Å². The van der Waals surface area contributed by atoms with Crippen LogP contribution in [0, 0.1) is 5.92 Å². The molecule has 0 aliphatic carbocycles. The molecule has 2 amide bonds. The molecule has 5 N–H and O–H groups in total. The summed E-state index contributed by atoms with van der Waals surface area (Å²) in [5, 5.41) is 43.5. The van der Waals surface area contributed by atoms with Gasteiger partial charge in [-0.25, -0.2) is 4.79 Å². The van der Waals surface area contributed by atoms with Crippen LogP contribution >= 0.6 is 0 Å². The Labute approximate surface area is 229 Å². The molecule has 0 radical (unpaired) electrons. The highest BCUT2D eigenvalue weighted by molar-refractivity contribution is 6.30. The van der Waals surface area contributed by atoms with Crippen molar-refractivity contribution in [2.24, 2.45) is 5.92 Å². The van der Waals surface area contributed by atoms with Gasteiger partial charge in [0.05, 0.1) is 6.04 Å². The molecule has 0 heterocycles. The number of hydrogen-bond donors (Lipinski definition) is 5. The molecule has 0 unspecified atom stereocenters. The third kappa shape index (κ3) is 6.21. The standard InChI is InChI=1S/C26H45N3O10/c1-11-13-25(28(9)19(33)16(5)30,21(35)24(7,39)23(37)38)22(36)26(14(3)12-2,18(32)15(4)27-8)29(10)20(34)17(6)31/h14-17,27,30-31,39H,11-13H2,1-10H3,(H,37,38)/t14-,15-,16+,17+,24-,25-,26+/m0/s1. The third-order valence-corrected chi connectivity index (χ3v) is 7.57. The summed E-state index contributed by atoms with van der Waals surface area (Å²) in [6.07, 6.45) is -3.93. The Bertz CT molecular complexity index is 964. The van der Waals surface area contributed by atoms with E-state index in [-0.39, 0.29) is 12.8 Å². The maximum Gasteiger partial charge on any atom is 0.343 e. The Morgan fingerprint density at radius 1 is 0.846 bits per heavy atom. The van der Waals surface area contributed by atoms with Gasteiger partial charge in [-0.1, -0.05) is 33.6 Å². The summed E-state index contributed by atoms with van der Waals surface area (Å²) in [6.45, 7) is 8.86. The smallest absolute Gasteiger partial charge is 0.343 e. The van der Waals surface area contributed by atoms with Crippen molar-refractivity contribution in [3.05, 3.63) is 0 Å². The number of aliphatic hydroxyl groups is 3. The zero-order valence-electron chi connectivity index (χ0n) is 24.6. The molecule has 0 aliphatic heterocycles. The van der Waals surface area contributed by atoms with Crippen molar-refractivity contribution in [2.45, 2.75) is 103 Å². The van der Waals surface area contributed by atoms with Crippen LogP contribution in [0.2, 0.25) is 0 Å².